The third-order valence-corrected chi connectivity index (χ3v) is 7.19. The first-order chi connectivity index (χ1) is 17.4. The summed E-state index contributed by atoms with van der Waals surface area (Å²) in [6.45, 7) is 1.96. The topological polar surface area (TPSA) is 129 Å². The van der Waals surface area contributed by atoms with Gasteiger partial charge in [-0.15, -0.1) is 5.10 Å². The van der Waals surface area contributed by atoms with Crippen molar-refractivity contribution in [1.82, 2.24) is 24.9 Å². The first-order valence-corrected chi connectivity index (χ1v) is 12.6. The van der Waals surface area contributed by atoms with E-state index < -0.39 is 12.1 Å². The van der Waals surface area contributed by atoms with Crippen molar-refractivity contribution in [2.24, 2.45) is 18.9 Å². The van der Waals surface area contributed by atoms with Gasteiger partial charge in [-0.1, -0.05) is 5.21 Å². The highest BCUT2D eigenvalue weighted by atomic mass is 16.6. The Balaban J connectivity index is 1.29. The van der Waals surface area contributed by atoms with E-state index in [4.69, 9.17) is 19.2 Å². The molecule has 0 spiro atoms. The number of carbonyl (C=O) groups is 2. The maximum absolute atomic E-state index is 12.5. The van der Waals surface area contributed by atoms with Crippen LogP contribution >= 0.6 is 0 Å². The third kappa shape index (κ3) is 5.45. The highest BCUT2D eigenvalue weighted by molar-refractivity contribution is 5.70. The first-order valence-electron chi connectivity index (χ1n) is 12.6. The van der Waals surface area contributed by atoms with E-state index in [0.29, 0.717) is 61.5 Å². The number of pyridine rings is 1. The van der Waals surface area contributed by atoms with Crippen molar-refractivity contribution in [1.29, 1.82) is 0 Å². The second kappa shape index (κ2) is 10.4. The normalized spacial score (nSPS) is 22.1. The minimum atomic E-state index is -0.752. The number of hydrogen-bond donors (Lipinski definition) is 1. The second-order valence-corrected chi connectivity index (χ2v) is 10.1. The van der Waals surface area contributed by atoms with E-state index in [1.807, 2.05) is 12.1 Å². The van der Waals surface area contributed by atoms with Crippen molar-refractivity contribution in [2.75, 3.05) is 26.8 Å². The number of nitrogens with zero attached hydrogens (tertiary/aromatic N) is 5. The van der Waals surface area contributed by atoms with E-state index in [-0.39, 0.29) is 18.6 Å². The summed E-state index contributed by atoms with van der Waals surface area (Å²) >= 11 is 0. The maximum atomic E-state index is 12.5. The molecule has 3 aliphatic rings. The Kier molecular flexibility index (Phi) is 7.08. The number of aromatic nitrogens is 4. The van der Waals surface area contributed by atoms with Crippen LogP contribution in [0.15, 0.2) is 12.1 Å². The minimum Gasteiger partial charge on any atom is -0.488 e. The summed E-state index contributed by atoms with van der Waals surface area (Å²) in [7, 11) is 3.48. The maximum Gasteiger partial charge on any atom is 0.409 e. The Hall–Kier alpha value is -3.21. The van der Waals surface area contributed by atoms with Crippen LogP contribution in [0.25, 0.3) is 11.4 Å². The van der Waals surface area contributed by atoms with Crippen LogP contribution in [0.1, 0.15) is 55.8 Å². The zero-order valence-electron chi connectivity index (χ0n) is 20.8. The Morgan fingerprint density at radius 1 is 1.22 bits per heavy atom. The molecule has 5 rings (SSSR count). The molecule has 36 heavy (non-hydrogen) atoms. The lowest BCUT2D eigenvalue weighted by Gasteiger charge is -2.29. The van der Waals surface area contributed by atoms with E-state index in [2.05, 4.69) is 10.3 Å². The van der Waals surface area contributed by atoms with Crippen LogP contribution in [0.5, 0.6) is 5.75 Å². The van der Waals surface area contributed by atoms with Gasteiger partial charge in [-0.25, -0.2) is 14.5 Å². The molecular weight excluding hydrogens is 466 g/mol. The third-order valence-electron chi connectivity index (χ3n) is 7.19. The number of carbonyl (C=O) groups excluding carboxylic acids is 1. The Morgan fingerprint density at radius 3 is 2.72 bits per heavy atom. The average Bonchev–Trinajstić information content (AvgIpc) is 3.62. The van der Waals surface area contributed by atoms with Crippen molar-refractivity contribution in [3.63, 3.8) is 0 Å². The first kappa shape index (κ1) is 24.5. The summed E-state index contributed by atoms with van der Waals surface area (Å²) in [6, 6.07) is 3.75. The van der Waals surface area contributed by atoms with E-state index >= 15 is 0 Å². The lowest BCUT2D eigenvalue weighted by molar-refractivity contribution is -0.143. The number of aliphatic carboxylic acids is 1. The second-order valence-electron chi connectivity index (χ2n) is 10.1. The molecular formula is C25H33N5O6. The SMILES string of the molecule is CN(CC1COC1)C(=O)OCc1c(-c2ccc(O[C@H]3CCC[C@H](C(=O)O)C3)c(C3CC3)n2)nnn1C. The number of aryl methyl sites for hydroxylation is 1. The average molecular weight is 500 g/mol. The van der Waals surface area contributed by atoms with Gasteiger partial charge in [0.15, 0.2) is 0 Å². The van der Waals surface area contributed by atoms with Crippen molar-refractivity contribution in [3.8, 4) is 17.1 Å². The molecule has 194 valence electrons. The molecule has 1 saturated heterocycles. The minimum absolute atomic E-state index is 0.0283. The predicted molar refractivity (Wildman–Crippen MR) is 127 cm³/mol. The lowest BCUT2D eigenvalue weighted by atomic mass is 9.87. The van der Waals surface area contributed by atoms with Crippen molar-refractivity contribution in [3.05, 3.63) is 23.5 Å². The standard InChI is InChI=1S/C25H33N5O6/c1-29(11-15-12-34-13-15)25(33)35-14-20-23(27-28-30(20)2)19-8-9-21(22(26-19)16-6-7-16)36-18-5-3-4-17(10-18)24(31)32/h8-9,15-18H,3-7,10-14H2,1-2H3,(H,31,32)/t17-,18-/m0/s1. The molecule has 1 amide bonds. The molecule has 0 aromatic carbocycles. The van der Waals surface area contributed by atoms with Gasteiger partial charge in [-0.2, -0.15) is 0 Å². The molecule has 11 nitrogen and oxygen atoms in total. The summed E-state index contributed by atoms with van der Waals surface area (Å²) in [5, 5.41) is 17.8. The number of carboxylic acid groups (broad SMARTS) is 1. The molecule has 1 N–H and O–H groups in total. The molecule has 0 radical (unpaired) electrons. The van der Waals surface area contributed by atoms with Gasteiger partial charge in [0, 0.05) is 32.5 Å². The van der Waals surface area contributed by atoms with Gasteiger partial charge < -0.3 is 24.2 Å². The molecule has 2 aliphatic carbocycles. The number of rotatable bonds is 9. The Bertz CT molecular complexity index is 1110. The number of hydrogen-bond acceptors (Lipinski definition) is 8. The molecule has 2 atom stereocenters. The van der Waals surface area contributed by atoms with Gasteiger partial charge in [0.2, 0.25) is 0 Å². The predicted octanol–water partition coefficient (Wildman–Crippen LogP) is 2.99. The largest absolute Gasteiger partial charge is 0.488 e. The molecule has 0 unspecified atom stereocenters. The van der Waals surface area contributed by atoms with Crippen LogP contribution in [0.4, 0.5) is 4.79 Å². The molecule has 1 aliphatic heterocycles. The molecule has 3 heterocycles. The van der Waals surface area contributed by atoms with E-state index in [1.165, 1.54) is 0 Å². The molecule has 2 saturated carbocycles. The van der Waals surface area contributed by atoms with Crippen LogP contribution < -0.4 is 4.74 Å². The van der Waals surface area contributed by atoms with Crippen LogP contribution in [-0.4, -0.2) is 75.0 Å². The lowest BCUT2D eigenvalue weighted by Crippen LogP contribution is -2.40. The van der Waals surface area contributed by atoms with Gasteiger partial charge in [-0.3, -0.25) is 4.79 Å². The van der Waals surface area contributed by atoms with Crippen LogP contribution in [-0.2, 0) is 27.9 Å². The summed E-state index contributed by atoms with van der Waals surface area (Å²) < 4.78 is 18.6. The highest BCUT2D eigenvalue weighted by Crippen LogP contribution is 2.44. The van der Waals surface area contributed by atoms with Gasteiger partial charge in [-0.05, 0) is 50.7 Å². The monoisotopic (exact) mass is 499 g/mol. The Labute approximate surface area is 209 Å². The van der Waals surface area contributed by atoms with Crippen molar-refractivity contribution < 1.29 is 28.9 Å². The molecule has 0 bridgehead atoms. The van der Waals surface area contributed by atoms with E-state index in [9.17, 15) is 14.7 Å². The van der Waals surface area contributed by atoms with Crippen LogP contribution in [0.3, 0.4) is 0 Å². The summed E-state index contributed by atoms with van der Waals surface area (Å²) in [5.74, 6) is 0.284. The quantitative estimate of drug-likeness (QED) is 0.553. The van der Waals surface area contributed by atoms with Crippen LogP contribution in [0.2, 0.25) is 0 Å². The highest BCUT2D eigenvalue weighted by Gasteiger charge is 2.33. The smallest absolute Gasteiger partial charge is 0.409 e. The fraction of sp³-hybridized carbons (Fsp3) is 0.640. The zero-order valence-corrected chi connectivity index (χ0v) is 20.8. The number of ether oxygens (including phenoxy) is 3. The van der Waals surface area contributed by atoms with Gasteiger partial charge in [0.05, 0.1) is 36.6 Å². The van der Waals surface area contributed by atoms with Gasteiger partial charge in [0.25, 0.3) is 0 Å². The van der Waals surface area contributed by atoms with Gasteiger partial charge in [0.1, 0.15) is 23.7 Å². The van der Waals surface area contributed by atoms with Crippen molar-refractivity contribution >= 4 is 12.1 Å². The van der Waals surface area contributed by atoms with Gasteiger partial charge >= 0.3 is 12.1 Å². The fourth-order valence-corrected chi connectivity index (χ4v) is 4.83. The Morgan fingerprint density at radius 2 is 2.03 bits per heavy atom. The summed E-state index contributed by atoms with van der Waals surface area (Å²) in [6.07, 6.45) is 4.46. The molecule has 11 heteroatoms. The van der Waals surface area contributed by atoms with E-state index in [0.717, 1.165) is 37.1 Å². The summed E-state index contributed by atoms with van der Waals surface area (Å²) in [4.78, 5) is 30.4. The fourth-order valence-electron chi connectivity index (χ4n) is 4.83. The molecule has 2 aromatic rings. The van der Waals surface area contributed by atoms with Crippen molar-refractivity contribution in [2.45, 2.75) is 57.2 Å². The number of amides is 1. The zero-order chi connectivity index (χ0) is 25.2. The van der Waals surface area contributed by atoms with E-state index in [1.54, 1.807) is 23.7 Å². The molecule has 2 aromatic heterocycles. The van der Waals surface area contributed by atoms with Crippen LogP contribution in [0, 0.1) is 11.8 Å². The summed E-state index contributed by atoms with van der Waals surface area (Å²) in [5.41, 5.74) is 2.75. The molecule has 3 fully saturated rings. The number of carboxylic acids is 1.